The Hall–Kier alpha value is -0.900. The Morgan fingerprint density at radius 3 is 2.59 bits per heavy atom. The van der Waals surface area contributed by atoms with Crippen LogP contribution in [0.1, 0.15) is 18.9 Å². The van der Waals surface area contributed by atoms with Gasteiger partial charge in [0.25, 0.3) is 0 Å². The molecule has 0 heterocycles. The third-order valence-electron chi connectivity index (χ3n) is 2.56. The smallest absolute Gasteiger partial charge is 0.0737 e. The Balaban J connectivity index is 2.20. The van der Waals surface area contributed by atoms with E-state index in [0.717, 1.165) is 26.1 Å². The lowest BCUT2D eigenvalue weighted by Crippen LogP contribution is -2.26. The largest absolute Gasteiger partial charge is 0.382 e. The van der Waals surface area contributed by atoms with Crippen molar-refractivity contribution in [2.45, 2.75) is 25.9 Å². The average molecular weight is 237 g/mol. The Morgan fingerprint density at radius 2 is 1.94 bits per heavy atom. The average Bonchev–Trinajstić information content (AvgIpc) is 2.38. The van der Waals surface area contributed by atoms with Crippen LogP contribution >= 0.6 is 0 Å². The van der Waals surface area contributed by atoms with Gasteiger partial charge in [0, 0.05) is 26.4 Å². The van der Waals surface area contributed by atoms with Crippen LogP contribution in [0.5, 0.6) is 0 Å². The zero-order chi connectivity index (χ0) is 12.3. The van der Waals surface area contributed by atoms with Gasteiger partial charge in [-0.1, -0.05) is 30.3 Å². The number of rotatable bonds is 9. The fraction of sp³-hybridized carbons (Fsp3) is 0.571. The van der Waals surface area contributed by atoms with Crippen LogP contribution in [0.15, 0.2) is 30.3 Å². The Labute approximate surface area is 104 Å². The van der Waals surface area contributed by atoms with E-state index in [2.05, 4.69) is 12.1 Å². The van der Waals surface area contributed by atoms with Crippen molar-refractivity contribution in [1.29, 1.82) is 0 Å². The molecule has 0 saturated carbocycles. The Morgan fingerprint density at radius 1 is 1.18 bits per heavy atom. The van der Waals surface area contributed by atoms with Crippen LogP contribution in [0.4, 0.5) is 0 Å². The number of hydrogen-bond donors (Lipinski definition) is 1. The minimum Gasteiger partial charge on any atom is -0.382 e. The van der Waals surface area contributed by atoms with Crippen molar-refractivity contribution in [1.82, 2.24) is 0 Å². The van der Waals surface area contributed by atoms with Gasteiger partial charge in [-0.3, -0.25) is 0 Å². The summed E-state index contributed by atoms with van der Waals surface area (Å²) in [5.41, 5.74) is 6.98. The van der Waals surface area contributed by atoms with Crippen molar-refractivity contribution in [3.63, 3.8) is 0 Å². The van der Waals surface area contributed by atoms with E-state index in [4.69, 9.17) is 15.2 Å². The summed E-state index contributed by atoms with van der Waals surface area (Å²) in [6.07, 6.45) is 1.92. The van der Waals surface area contributed by atoms with Gasteiger partial charge in [-0.15, -0.1) is 0 Å². The molecular weight excluding hydrogens is 214 g/mol. The van der Waals surface area contributed by atoms with Crippen LogP contribution in [0, 0.1) is 0 Å². The highest BCUT2D eigenvalue weighted by atomic mass is 16.5. The fourth-order valence-electron chi connectivity index (χ4n) is 1.64. The molecule has 1 aromatic carbocycles. The molecule has 2 N–H and O–H groups in total. The van der Waals surface area contributed by atoms with Crippen molar-refractivity contribution < 1.29 is 9.47 Å². The van der Waals surface area contributed by atoms with E-state index in [-0.39, 0.29) is 6.10 Å². The number of ether oxygens (including phenoxy) is 2. The molecular formula is C14H23NO2. The summed E-state index contributed by atoms with van der Waals surface area (Å²) in [6.45, 7) is 4.81. The summed E-state index contributed by atoms with van der Waals surface area (Å²) in [5, 5.41) is 0. The van der Waals surface area contributed by atoms with Gasteiger partial charge in [0.05, 0.1) is 6.10 Å². The molecule has 0 aliphatic rings. The second-order valence-electron chi connectivity index (χ2n) is 3.97. The summed E-state index contributed by atoms with van der Waals surface area (Å²) < 4.78 is 11.0. The number of nitrogens with two attached hydrogens (primary N) is 1. The normalized spacial score (nSPS) is 12.6. The first-order chi connectivity index (χ1) is 8.36. The Kier molecular flexibility index (Phi) is 7.63. The lowest BCUT2D eigenvalue weighted by Gasteiger charge is -2.16. The van der Waals surface area contributed by atoms with Gasteiger partial charge in [-0.2, -0.15) is 0 Å². The topological polar surface area (TPSA) is 44.5 Å². The SMILES string of the molecule is CCOCCCO[C@H](CN)Cc1ccccc1. The maximum absolute atomic E-state index is 5.74. The maximum atomic E-state index is 5.74. The first-order valence-electron chi connectivity index (χ1n) is 6.30. The molecule has 0 saturated heterocycles. The maximum Gasteiger partial charge on any atom is 0.0737 e. The van der Waals surface area contributed by atoms with Gasteiger partial charge in [-0.25, -0.2) is 0 Å². The van der Waals surface area contributed by atoms with Crippen molar-refractivity contribution in [2.75, 3.05) is 26.4 Å². The second kappa shape index (κ2) is 9.16. The minimum atomic E-state index is 0.110. The van der Waals surface area contributed by atoms with Gasteiger partial charge >= 0.3 is 0 Å². The highest BCUT2D eigenvalue weighted by Crippen LogP contribution is 2.05. The molecule has 0 amide bonds. The molecule has 17 heavy (non-hydrogen) atoms. The highest BCUT2D eigenvalue weighted by molar-refractivity contribution is 5.15. The van der Waals surface area contributed by atoms with Gasteiger partial charge in [0.2, 0.25) is 0 Å². The molecule has 0 aliphatic heterocycles. The lowest BCUT2D eigenvalue weighted by atomic mass is 10.1. The monoisotopic (exact) mass is 237 g/mol. The van der Waals surface area contributed by atoms with Gasteiger partial charge in [-0.05, 0) is 25.3 Å². The van der Waals surface area contributed by atoms with Crippen LogP contribution in [0.3, 0.4) is 0 Å². The van der Waals surface area contributed by atoms with E-state index in [1.54, 1.807) is 0 Å². The first kappa shape index (κ1) is 14.2. The fourth-order valence-corrected chi connectivity index (χ4v) is 1.64. The summed E-state index contributed by atoms with van der Waals surface area (Å²) in [7, 11) is 0. The van der Waals surface area contributed by atoms with E-state index < -0.39 is 0 Å². The predicted molar refractivity (Wildman–Crippen MR) is 70.1 cm³/mol. The third kappa shape index (κ3) is 6.41. The third-order valence-corrected chi connectivity index (χ3v) is 2.56. The molecule has 0 bridgehead atoms. The van der Waals surface area contributed by atoms with Crippen LogP contribution in [-0.4, -0.2) is 32.5 Å². The van der Waals surface area contributed by atoms with E-state index in [9.17, 15) is 0 Å². The molecule has 0 aliphatic carbocycles. The molecule has 0 unspecified atom stereocenters. The van der Waals surface area contributed by atoms with Crippen LogP contribution in [0.25, 0.3) is 0 Å². The minimum absolute atomic E-state index is 0.110. The zero-order valence-corrected chi connectivity index (χ0v) is 10.6. The quantitative estimate of drug-likeness (QED) is 0.668. The standard InChI is InChI=1S/C14H23NO2/c1-2-16-9-6-10-17-14(12-15)11-13-7-4-3-5-8-13/h3-5,7-8,14H,2,6,9-12,15H2,1H3/t14-/m0/s1. The molecule has 0 radical (unpaired) electrons. The molecule has 3 nitrogen and oxygen atoms in total. The van der Waals surface area contributed by atoms with E-state index in [1.165, 1.54) is 5.56 Å². The molecule has 0 spiro atoms. The van der Waals surface area contributed by atoms with Crippen molar-refractivity contribution >= 4 is 0 Å². The van der Waals surface area contributed by atoms with E-state index in [1.807, 2.05) is 25.1 Å². The molecule has 0 aromatic heterocycles. The number of hydrogen-bond acceptors (Lipinski definition) is 3. The van der Waals surface area contributed by atoms with Gasteiger partial charge in [0.1, 0.15) is 0 Å². The lowest BCUT2D eigenvalue weighted by molar-refractivity contribution is 0.0397. The van der Waals surface area contributed by atoms with Crippen molar-refractivity contribution in [2.24, 2.45) is 5.73 Å². The Bertz CT molecular complexity index is 277. The predicted octanol–water partition coefficient (Wildman–Crippen LogP) is 2.00. The van der Waals surface area contributed by atoms with Gasteiger partial charge < -0.3 is 15.2 Å². The first-order valence-corrected chi connectivity index (χ1v) is 6.30. The second-order valence-corrected chi connectivity index (χ2v) is 3.97. The number of benzene rings is 1. The molecule has 1 rings (SSSR count). The molecule has 1 aromatic rings. The summed E-state index contributed by atoms with van der Waals surface area (Å²) in [6, 6.07) is 10.3. The summed E-state index contributed by atoms with van der Waals surface area (Å²) in [5.74, 6) is 0. The highest BCUT2D eigenvalue weighted by Gasteiger charge is 2.07. The van der Waals surface area contributed by atoms with Crippen LogP contribution < -0.4 is 5.73 Å². The van der Waals surface area contributed by atoms with Crippen molar-refractivity contribution in [3.05, 3.63) is 35.9 Å². The van der Waals surface area contributed by atoms with Crippen LogP contribution in [-0.2, 0) is 15.9 Å². The summed E-state index contributed by atoms with van der Waals surface area (Å²) in [4.78, 5) is 0. The van der Waals surface area contributed by atoms with E-state index >= 15 is 0 Å². The molecule has 3 heteroatoms. The van der Waals surface area contributed by atoms with Crippen molar-refractivity contribution in [3.8, 4) is 0 Å². The summed E-state index contributed by atoms with van der Waals surface area (Å²) >= 11 is 0. The zero-order valence-electron chi connectivity index (χ0n) is 10.6. The van der Waals surface area contributed by atoms with Crippen LogP contribution in [0.2, 0.25) is 0 Å². The van der Waals surface area contributed by atoms with Gasteiger partial charge in [0.15, 0.2) is 0 Å². The van der Waals surface area contributed by atoms with E-state index in [0.29, 0.717) is 13.2 Å². The molecule has 1 atom stereocenters. The molecule has 96 valence electrons. The molecule has 0 fully saturated rings.